The summed E-state index contributed by atoms with van der Waals surface area (Å²) in [6.45, 7) is 4.95. The highest BCUT2D eigenvalue weighted by Gasteiger charge is 2.24. The molecule has 0 aliphatic carbocycles. The topological polar surface area (TPSA) is 78.6 Å². The average Bonchev–Trinajstić information content (AvgIpc) is 2.29. The van der Waals surface area contributed by atoms with Gasteiger partial charge >= 0.3 is 12.1 Å². The van der Waals surface area contributed by atoms with Crippen molar-refractivity contribution in [2.24, 2.45) is 5.73 Å². The van der Waals surface area contributed by atoms with Crippen molar-refractivity contribution in [1.29, 1.82) is 0 Å². The van der Waals surface area contributed by atoms with Gasteiger partial charge in [0.25, 0.3) is 0 Å². The fourth-order valence-corrected chi connectivity index (χ4v) is 1.39. The molecule has 1 aromatic rings. The lowest BCUT2D eigenvalue weighted by Crippen LogP contribution is -2.37. The predicted molar refractivity (Wildman–Crippen MR) is 70.4 cm³/mol. The van der Waals surface area contributed by atoms with Gasteiger partial charge in [0.2, 0.25) is 0 Å². The second-order valence-electron chi connectivity index (χ2n) is 5.32. The fourth-order valence-electron chi connectivity index (χ4n) is 1.39. The summed E-state index contributed by atoms with van der Waals surface area (Å²) < 4.78 is 22.1. The first-order valence-corrected chi connectivity index (χ1v) is 6.12. The molecular weight excluding hydrogens is 265 g/mol. The quantitative estimate of drug-likeness (QED) is 0.679. The minimum atomic E-state index is -1.09. The largest absolute Gasteiger partial charge is 0.516 e. The first-order chi connectivity index (χ1) is 9.17. The van der Waals surface area contributed by atoms with Gasteiger partial charge in [-0.3, -0.25) is 0 Å². The van der Waals surface area contributed by atoms with Crippen LogP contribution < -0.4 is 5.73 Å². The molecule has 0 saturated carbocycles. The Morgan fingerprint density at radius 2 is 1.80 bits per heavy atom. The fraction of sp³-hybridized carbons (Fsp3) is 0.429. The van der Waals surface area contributed by atoms with Crippen LogP contribution in [0, 0.1) is 5.82 Å². The van der Waals surface area contributed by atoms with Crippen LogP contribution in [0.4, 0.5) is 9.18 Å². The van der Waals surface area contributed by atoms with E-state index in [1.165, 1.54) is 24.3 Å². The predicted octanol–water partition coefficient (Wildman–Crippen LogP) is 2.17. The van der Waals surface area contributed by atoms with Crippen LogP contribution in [0.3, 0.4) is 0 Å². The minimum absolute atomic E-state index is 0.141. The number of hydrogen-bond acceptors (Lipinski definition) is 5. The highest BCUT2D eigenvalue weighted by atomic mass is 19.1. The Morgan fingerprint density at radius 3 is 2.30 bits per heavy atom. The third kappa shape index (κ3) is 5.79. The van der Waals surface area contributed by atoms with Crippen molar-refractivity contribution in [3.8, 4) is 0 Å². The van der Waals surface area contributed by atoms with E-state index >= 15 is 0 Å². The summed E-state index contributed by atoms with van der Waals surface area (Å²) in [5.74, 6) is -1.26. The highest BCUT2D eigenvalue weighted by molar-refractivity contribution is 5.85. The van der Waals surface area contributed by atoms with E-state index in [2.05, 4.69) is 4.74 Å². The molecule has 6 heteroatoms. The third-order valence-corrected chi connectivity index (χ3v) is 2.25. The lowest BCUT2D eigenvalue weighted by molar-refractivity contribution is -0.142. The van der Waals surface area contributed by atoms with Crippen molar-refractivity contribution in [1.82, 2.24) is 0 Å². The number of esters is 1. The van der Waals surface area contributed by atoms with Crippen molar-refractivity contribution in [2.45, 2.75) is 38.8 Å². The molecule has 0 saturated heterocycles. The molecule has 5 nitrogen and oxygen atoms in total. The summed E-state index contributed by atoms with van der Waals surface area (Å²) in [6, 6.07) is 4.53. The summed E-state index contributed by atoms with van der Waals surface area (Å²) >= 11 is 0. The SMILES string of the molecule is CC(C)(C)OC(=O)OC(=O)[C@@H](N)Cc1ccc(F)cc1. The molecule has 0 unspecified atom stereocenters. The number of halogens is 1. The zero-order valence-electron chi connectivity index (χ0n) is 11.7. The van der Waals surface area contributed by atoms with E-state index < -0.39 is 23.8 Å². The number of carbonyl (C=O) groups is 2. The van der Waals surface area contributed by atoms with Crippen LogP contribution in [0.1, 0.15) is 26.3 Å². The van der Waals surface area contributed by atoms with Crippen molar-refractivity contribution < 1.29 is 23.5 Å². The molecule has 1 rings (SSSR count). The van der Waals surface area contributed by atoms with Crippen LogP contribution in [-0.2, 0) is 20.7 Å². The summed E-state index contributed by atoms with van der Waals surface area (Å²) in [6.07, 6.45) is -0.945. The molecule has 0 radical (unpaired) electrons. The van der Waals surface area contributed by atoms with Crippen LogP contribution in [0.5, 0.6) is 0 Å². The summed E-state index contributed by atoms with van der Waals surface area (Å²) in [7, 11) is 0. The monoisotopic (exact) mass is 283 g/mol. The van der Waals surface area contributed by atoms with Crippen LogP contribution in [0.25, 0.3) is 0 Å². The first-order valence-electron chi connectivity index (χ1n) is 6.12. The Kier molecular flexibility index (Phi) is 5.21. The van der Waals surface area contributed by atoms with Gasteiger partial charge in [0.05, 0.1) is 0 Å². The van der Waals surface area contributed by atoms with Gasteiger partial charge in [-0.15, -0.1) is 0 Å². The maximum Gasteiger partial charge on any atom is 0.516 e. The Hall–Kier alpha value is -1.95. The van der Waals surface area contributed by atoms with E-state index in [1.807, 2.05) is 0 Å². The van der Waals surface area contributed by atoms with Gasteiger partial charge in [-0.1, -0.05) is 12.1 Å². The van der Waals surface area contributed by atoms with Gasteiger partial charge in [-0.2, -0.15) is 0 Å². The molecule has 1 aromatic carbocycles. The summed E-state index contributed by atoms with van der Waals surface area (Å²) in [5, 5.41) is 0. The Labute approximate surface area is 116 Å². The van der Waals surface area contributed by atoms with E-state index in [4.69, 9.17) is 10.5 Å². The zero-order chi connectivity index (χ0) is 15.3. The number of carbonyl (C=O) groups excluding carboxylic acids is 2. The van der Waals surface area contributed by atoms with Gasteiger partial charge in [0, 0.05) is 0 Å². The molecule has 20 heavy (non-hydrogen) atoms. The van der Waals surface area contributed by atoms with Crippen LogP contribution >= 0.6 is 0 Å². The molecule has 0 fully saturated rings. The highest BCUT2D eigenvalue weighted by Crippen LogP contribution is 2.10. The number of hydrogen-bond donors (Lipinski definition) is 1. The Bertz CT molecular complexity index is 479. The molecule has 0 spiro atoms. The maximum atomic E-state index is 12.7. The number of benzene rings is 1. The molecule has 0 amide bonds. The lowest BCUT2D eigenvalue weighted by Gasteiger charge is -2.19. The van der Waals surface area contributed by atoms with E-state index in [0.717, 1.165) is 0 Å². The lowest BCUT2D eigenvalue weighted by atomic mass is 10.1. The zero-order valence-corrected chi connectivity index (χ0v) is 11.7. The van der Waals surface area contributed by atoms with E-state index in [9.17, 15) is 14.0 Å². The average molecular weight is 283 g/mol. The van der Waals surface area contributed by atoms with E-state index in [1.54, 1.807) is 20.8 Å². The smallest absolute Gasteiger partial charge is 0.428 e. The van der Waals surface area contributed by atoms with Gasteiger partial charge in [-0.25, -0.2) is 14.0 Å². The second kappa shape index (κ2) is 6.47. The molecule has 0 aromatic heterocycles. The minimum Gasteiger partial charge on any atom is -0.428 e. The molecule has 0 heterocycles. The van der Waals surface area contributed by atoms with E-state index in [0.29, 0.717) is 5.56 Å². The number of ether oxygens (including phenoxy) is 2. The van der Waals surface area contributed by atoms with Gasteiger partial charge in [-0.05, 0) is 44.9 Å². The standard InChI is InChI=1S/C14H18FNO4/c1-14(2,3)20-13(18)19-12(17)11(16)8-9-4-6-10(15)7-5-9/h4-7,11H,8,16H2,1-3H3/t11-/m0/s1. The van der Waals surface area contributed by atoms with Gasteiger partial charge in [0.1, 0.15) is 17.5 Å². The molecule has 0 bridgehead atoms. The van der Waals surface area contributed by atoms with Crippen molar-refractivity contribution in [3.05, 3.63) is 35.6 Å². The first kappa shape index (κ1) is 16.1. The van der Waals surface area contributed by atoms with Crippen molar-refractivity contribution in [3.63, 3.8) is 0 Å². The van der Waals surface area contributed by atoms with Gasteiger partial charge < -0.3 is 15.2 Å². The second-order valence-corrected chi connectivity index (χ2v) is 5.32. The number of rotatable bonds is 3. The molecule has 110 valence electrons. The molecular formula is C14H18FNO4. The third-order valence-electron chi connectivity index (χ3n) is 2.25. The molecule has 0 aliphatic heterocycles. The Morgan fingerprint density at radius 1 is 1.25 bits per heavy atom. The summed E-state index contributed by atoms with van der Waals surface area (Å²) in [5.41, 5.74) is 5.54. The van der Waals surface area contributed by atoms with Crippen LogP contribution in [-0.4, -0.2) is 23.8 Å². The molecule has 1 atom stereocenters. The van der Waals surface area contributed by atoms with Crippen molar-refractivity contribution >= 4 is 12.1 Å². The number of nitrogens with two attached hydrogens (primary N) is 1. The van der Waals surface area contributed by atoms with Gasteiger partial charge in [0.15, 0.2) is 0 Å². The summed E-state index contributed by atoms with van der Waals surface area (Å²) in [4.78, 5) is 22.9. The van der Waals surface area contributed by atoms with Crippen LogP contribution in [0.2, 0.25) is 0 Å². The van der Waals surface area contributed by atoms with Crippen molar-refractivity contribution in [2.75, 3.05) is 0 Å². The van der Waals surface area contributed by atoms with Crippen LogP contribution in [0.15, 0.2) is 24.3 Å². The Balaban J connectivity index is 2.51. The van der Waals surface area contributed by atoms with E-state index in [-0.39, 0.29) is 12.2 Å². The molecule has 0 aliphatic rings. The normalized spacial score (nSPS) is 12.7. The molecule has 2 N–H and O–H groups in total. The maximum absolute atomic E-state index is 12.7.